The first-order valence-electron chi connectivity index (χ1n) is 6.46. The number of aryl methyl sites for hydroxylation is 2. The lowest BCUT2D eigenvalue weighted by atomic mass is 10.2. The monoisotopic (exact) mass is 289 g/mol. The number of anilines is 2. The van der Waals surface area contributed by atoms with E-state index in [1.165, 1.54) is 0 Å². The van der Waals surface area contributed by atoms with Crippen LogP contribution in [0.15, 0.2) is 18.2 Å². The zero-order valence-electron chi connectivity index (χ0n) is 12.9. The molecule has 0 saturated carbocycles. The molecule has 0 unspecified atom stereocenters. The Balaban J connectivity index is 2.46. The summed E-state index contributed by atoms with van der Waals surface area (Å²) in [6.07, 6.45) is 0. The Bertz CT molecular complexity index is 599. The van der Waals surface area contributed by atoms with Crippen molar-refractivity contribution in [1.82, 2.24) is 9.97 Å². The smallest absolute Gasteiger partial charge is 0.227 e. The summed E-state index contributed by atoms with van der Waals surface area (Å²) in [5, 5.41) is 3.15. The molecule has 6 heteroatoms. The van der Waals surface area contributed by atoms with Gasteiger partial charge in [0.1, 0.15) is 22.9 Å². The third kappa shape index (κ3) is 3.34. The number of nitrogens with zero attached hydrogens (tertiary/aromatic N) is 2. The Hall–Kier alpha value is -2.50. The van der Waals surface area contributed by atoms with Gasteiger partial charge >= 0.3 is 0 Å². The van der Waals surface area contributed by atoms with Crippen LogP contribution < -0.4 is 19.5 Å². The van der Waals surface area contributed by atoms with Gasteiger partial charge in [0.25, 0.3) is 0 Å². The highest BCUT2D eigenvalue weighted by molar-refractivity contribution is 5.72. The number of hydrogen-bond acceptors (Lipinski definition) is 6. The van der Waals surface area contributed by atoms with Crippen LogP contribution >= 0.6 is 0 Å². The van der Waals surface area contributed by atoms with Crippen LogP contribution in [0.25, 0.3) is 0 Å². The molecule has 2 aromatic rings. The number of aromatic nitrogens is 2. The highest BCUT2D eigenvalue weighted by Crippen LogP contribution is 2.40. The normalized spacial score (nSPS) is 10.1. The molecule has 0 bridgehead atoms. The molecule has 112 valence electrons. The number of rotatable bonds is 5. The van der Waals surface area contributed by atoms with Crippen LogP contribution in [0.5, 0.6) is 17.2 Å². The summed E-state index contributed by atoms with van der Waals surface area (Å²) < 4.78 is 16.0. The topological polar surface area (TPSA) is 65.5 Å². The van der Waals surface area contributed by atoms with Crippen LogP contribution in [-0.2, 0) is 0 Å². The Morgan fingerprint density at radius 3 is 1.76 bits per heavy atom. The SMILES string of the molecule is COc1cc(OC)c(Nc2nc(C)cc(C)n2)c(OC)c1. The van der Waals surface area contributed by atoms with E-state index in [0.29, 0.717) is 28.9 Å². The molecule has 0 fully saturated rings. The second kappa shape index (κ2) is 6.30. The van der Waals surface area contributed by atoms with Crippen molar-refractivity contribution in [2.75, 3.05) is 26.6 Å². The van der Waals surface area contributed by atoms with Crippen molar-refractivity contribution in [3.8, 4) is 17.2 Å². The fourth-order valence-electron chi connectivity index (χ4n) is 2.02. The number of hydrogen-bond donors (Lipinski definition) is 1. The molecule has 0 radical (unpaired) electrons. The maximum atomic E-state index is 5.38. The summed E-state index contributed by atoms with van der Waals surface area (Å²) in [7, 11) is 4.76. The first-order chi connectivity index (χ1) is 10.1. The molecule has 0 saturated heterocycles. The lowest BCUT2D eigenvalue weighted by molar-refractivity contribution is 0.378. The van der Waals surface area contributed by atoms with Gasteiger partial charge in [-0.1, -0.05) is 0 Å². The number of ether oxygens (including phenoxy) is 3. The van der Waals surface area contributed by atoms with E-state index in [9.17, 15) is 0 Å². The summed E-state index contributed by atoms with van der Waals surface area (Å²) in [5.41, 5.74) is 2.43. The summed E-state index contributed by atoms with van der Waals surface area (Å²) in [5.74, 6) is 2.33. The van der Waals surface area contributed by atoms with Crippen LogP contribution in [0.3, 0.4) is 0 Å². The third-order valence-corrected chi connectivity index (χ3v) is 2.93. The van der Waals surface area contributed by atoms with Gasteiger partial charge in [0, 0.05) is 23.5 Å². The molecule has 2 rings (SSSR count). The number of nitrogens with one attached hydrogen (secondary N) is 1. The lowest BCUT2D eigenvalue weighted by Gasteiger charge is -2.16. The maximum Gasteiger partial charge on any atom is 0.227 e. The van der Waals surface area contributed by atoms with E-state index in [-0.39, 0.29) is 0 Å². The highest BCUT2D eigenvalue weighted by atomic mass is 16.5. The van der Waals surface area contributed by atoms with Gasteiger partial charge in [-0.25, -0.2) is 9.97 Å². The quantitative estimate of drug-likeness (QED) is 0.913. The van der Waals surface area contributed by atoms with Gasteiger partial charge < -0.3 is 19.5 Å². The molecule has 21 heavy (non-hydrogen) atoms. The van der Waals surface area contributed by atoms with Crippen LogP contribution in [-0.4, -0.2) is 31.3 Å². The molecule has 0 aliphatic heterocycles. The largest absolute Gasteiger partial charge is 0.496 e. The van der Waals surface area contributed by atoms with E-state index in [1.54, 1.807) is 33.5 Å². The van der Waals surface area contributed by atoms with Gasteiger partial charge in [-0.05, 0) is 19.9 Å². The molecule has 0 aliphatic carbocycles. The molecule has 0 aliphatic rings. The van der Waals surface area contributed by atoms with Crippen LogP contribution in [0.1, 0.15) is 11.4 Å². The van der Waals surface area contributed by atoms with Gasteiger partial charge in [-0.3, -0.25) is 0 Å². The third-order valence-electron chi connectivity index (χ3n) is 2.93. The van der Waals surface area contributed by atoms with Gasteiger partial charge in [0.2, 0.25) is 5.95 Å². The van der Waals surface area contributed by atoms with Crippen molar-refractivity contribution < 1.29 is 14.2 Å². The number of methoxy groups -OCH3 is 3. The van der Waals surface area contributed by atoms with Crippen molar-refractivity contribution in [2.24, 2.45) is 0 Å². The standard InChI is InChI=1S/C15H19N3O3/c1-9-6-10(2)17-15(16-9)18-14-12(20-4)7-11(19-3)8-13(14)21-5/h6-8H,1-5H3,(H,16,17,18). The van der Waals surface area contributed by atoms with Crippen molar-refractivity contribution in [1.29, 1.82) is 0 Å². The van der Waals surface area contributed by atoms with Crippen molar-refractivity contribution >= 4 is 11.6 Å². The highest BCUT2D eigenvalue weighted by Gasteiger charge is 2.14. The minimum Gasteiger partial charge on any atom is -0.496 e. The van der Waals surface area contributed by atoms with E-state index in [0.717, 1.165) is 11.4 Å². The molecule has 1 heterocycles. The first-order valence-corrected chi connectivity index (χ1v) is 6.46. The minimum absolute atomic E-state index is 0.495. The molecular formula is C15H19N3O3. The van der Waals surface area contributed by atoms with E-state index in [1.807, 2.05) is 19.9 Å². The van der Waals surface area contributed by atoms with Crippen molar-refractivity contribution in [3.05, 3.63) is 29.6 Å². The number of benzene rings is 1. The van der Waals surface area contributed by atoms with Gasteiger partial charge in [-0.2, -0.15) is 0 Å². The van der Waals surface area contributed by atoms with E-state index in [2.05, 4.69) is 15.3 Å². The van der Waals surface area contributed by atoms with Crippen molar-refractivity contribution in [2.45, 2.75) is 13.8 Å². The van der Waals surface area contributed by atoms with Gasteiger partial charge in [0.15, 0.2) is 0 Å². The second-order valence-electron chi connectivity index (χ2n) is 4.51. The molecule has 1 N–H and O–H groups in total. The molecule has 1 aromatic carbocycles. The predicted octanol–water partition coefficient (Wildman–Crippen LogP) is 2.86. The fourth-order valence-corrected chi connectivity index (χ4v) is 2.02. The molecule has 6 nitrogen and oxygen atoms in total. The van der Waals surface area contributed by atoms with E-state index < -0.39 is 0 Å². The summed E-state index contributed by atoms with van der Waals surface area (Å²) in [6.45, 7) is 3.84. The maximum absolute atomic E-state index is 5.38. The van der Waals surface area contributed by atoms with E-state index in [4.69, 9.17) is 14.2 Å². The molecule has 0 amide bonds. The Morgan fingerprint density at radius 2 is 1.33 bits per heavy atom. The fraction of sp³-hybridized carbons (Fsp3) is 0.333. The van der Waals surface area contributed by atoms with Crippen molar-refractivity contribution in [3.63, 3.8) is 0 Å². The Kier molecular flexibility index (Phi) is 4.47. The van der Waals surface area contributed by atoms with Crippen LogP contribution in [0, 0.1) is 13.8 Å². The Labute approximate surface area is 124 Å². The minimum atomic E-state index is 0.495. The molecule has 1 aromatic heterocycles. The summed E-state index contributed by atoms with van der Waals surface area (Å²) >= 11 is 0. The predicted molar refractivity (Wildman–Crippen MR) is 80.9 cm³/mol. The summed E-state index contributed by atoms with van der Waals surface area (Å²) in [6, 6.07) is 5.45. The lowest BCUT2D eigenvalue weighted by Crippen LogP contribution is -2.03. The van der Waals surface area contributed by atoms with Crippen LogP contribution in [0.2, 0.25) is 0 Å². The second-order valence-corrected chi connectivity index (χ2v) is 4.51. The molecular weight excluding hydrogens is 270 g/mol. The zero-order valence-corrected chi connectivity index (χ0v) is 12.9. The zero-order chi connectivity index (χ0) is 15.4. The first kappa shape index (κ1) is 14.9. The Morgan fingerprint density at radius 1 is 0.810 bits per heavy atom. The molecule has 0 spiro atoms. The van der Waals surface area contributed by atoms with Crippen LogP contribution in [0.4, 0.5) is 11.6 Å². The summed E-state index contributed by atoms with van der Waals surface area (Å²) in [4.78, 5) is 8.72. The average Bonchev–Trinajstić information content (AvgIpc) is 2.46. The van der Waals surface area contributed by atoms with Gasteiger partial charge in [-0.15, -0.1) is 0 Å². The van der Waals surface area contributed by atoms with Gasteiger partial charge in [0.05, 0.1) is 21.3 Å². The van der Waals surface area contributed by atoms with E-state index >= 15 is 0 Å². The average molecular weight is 289 g/mol. The molecule has 0 atom stereocenters.